The number of aliphatic imine (C=N–C) groups is 1. The van der Waals surface area contributed by atoms with E-state index in [1.54, 1.807) is 12.1 Å². The van der Waals surface area contributed by atoms with Gasteiger partial charge in [0.25, 0.3) is 0 Å². The second-order valence-corrected chi connectivity index (χ2v) is 8.44. The number of benzene rings is 1. The number of guanidine groups is 1. The molecule has 206 valence electrons. The zero-order chi connectivity index (χ0) is 28.1. The highest BCUT2D eigenvalue weighted by Crippen LogP contribution is 2.12. The third-order valence-corrected chi connectivity index (χ3v) is 5.34. The van der Waals surface area contributed by atoms with E-state index in [9.17, 15) is 24.3 Å². The Morgan fingerprint density at radius 2 is 1.66 bits per heavy atom. The van der Waals surface area contributed by atoms with Crippen molar-refractivity contribution in [2.75, 3.05) is 13.1 Å². The first-order chi connectivity index (χ1) is 18.0. The zero-order valence-electron chi connectivity index (χ0n) is 20.6. The first kappa shape index (κ1) is 29.6. The summed E-state index contributed by atoms with van der Waals surface area (Å²) in [5.74, 6) is -3.34. The van der Waals surface area contributed by atoms with Crippen LogP contribution in [-0.2, 0) is 32.0 Å². The van der Waals surface area contributed by atoms with Crippen LogP contribution in [0, 0.1) is 0 Å². The van der Waals surface area contributed by atoms with Crippen LogP contribution in [0.15, 0.2) is 41.8 Å². The van der Waals surface area contributed by atoms with Gasteiger partial charge < -0.3 is 48.3 Å². The quantitative estimate of drug-likeness (QED) is 0.0659. The lowest BCUT2D eigenvalue weighted by Gasteiger charge is -2.24. The molecule has 2 rings (SSSR count). The monoisotopic (exact) mass is 531 g/mol. The fraction of sp³-hybridized carbons (Fsp3) is 0.391. The van der Waals surface area contributed by atoms with E-state index >= 15 is 0 Å². The molecule has 3 amide bonds. The Hall–Kier alpha value is -4.66. The molecule has 1 aromatic heterocycles. The number of carbonyl (C=O) groups is 4. The first-order valence-corrected chi connectivity index (χ1v) is 11.7. The minimum Gasteiger partial charge on any atom is -0.508 e. The summed E-state index contributed by atoms with van der Waals surface area (Å²) < 4.78 is 0. The van der Waals surface area contributed by atoms with Crippen LogP contribution in [0.4, 0.5) is 0 Å². The molecule has 1 aromatic carbocycles. The maximum absolute atomic E-state index is 13.3. The Kier molecular flexibility index (Phi) is 11.5. The van der Waals surface area contributed by atoms with Gasteiger partial charge in [0, 0.05) is 31.3 Å². The summed E-state index contributed by atoms with van der Waals surface area (Å²) in [5.41, 5.74) is 17.7. The van der Waals surface area contributed by atoms with E-state index in [1.807, 2.05) is 0 Å². The summed E-state index contributed by atoms with van der Waals surface area (Å²) in [7, 11) is 0. The number of phenols is 1. The number of aliphatic carboxylic acids is 1. The summed E-state index contributed by atoms with van der Waals surface area (Å²) in [4.78, 5) is 60.2. The number of carbonyl (C=O) groups excluding carboxylic acids is 3. The number of hydrogen-bond donors (Lipinski definition) is 9. The van der Waals surface area contributed by atoms with Crippen LogP contribution in [0.25, 0.3) is 0 Å². The third-order valence-electron chi connectivity index (χ3n) is 5.34. The van der Waals surface area contributed by atoms with Gasteiger partial charge in [-0.3, -0.25) is 24.2 Å². The van der Waals surface area contributed by atoms with Crippen LogP contribution in [0.1, 0.15) is 24.1 Å². The normalized spacial score (nSPS) is 13.0. The number of carboxylic acid groups (broad SMARTS) is 1. The van der Waals surface area contributed by atoms with E-state index in [0.717, 1.165) is 0 Å². The van der Waals surface area contributed by atoms with Crippen LogP contribution in [-0.4, -0.2) is 81.0 Å². The van der Waals surface area contributed by atoms with Crippen molar-refractivity contribution >= 4 is 29.7 Å². The molecule has 15 nitrogen and oxygen atoms in total. The summed E-state index contributed by atoms with van der Waals surface area (Å²) in [5, 5.41) is 25.9. The molecule has 0 saturated heterocycles. The molecule has 0 fully saturated rings. The second kappa shape index (κ2) is 14.8. The number of H-pyrrole nitrogens is 1. The molecule has 12 N–H and O–H groups in total. The summed E-state index contributed by atoms with van der Waals surface area (Å²) in [6.45, 7) is -0.363. The lowest BCUT2D eigenvalue weighted by atomic mass is 10.0. The predicted molar refractivity (Wildman–Crippen MR) is 136 cm³/mol. The lowest BCUT2D eigenvalue weighted by molar-refractivity contribution is -0.138. The van der Waals surface area contributed by atoms with Crippen molar-refractivity contribution in [2.45, 2.75) is 43.8 Å². The average Bonchev–Trinajstić information content (AvgIpc) is 3.38. The number of phenolic OH excluding ortho intramolecular Hbond substituents is 1. The van der Waals surface area contributed by atoms with Crippen LogP contribution in [0.3, 0.4) is 0 Å². The largest absolute Gasteiger partial charge is 0.508 e. The highest BCUT2D eigenvalue weighted by atomic mass is 16.4. The highest BCUT2D eigenvalue weighted by molar-refractivity contribution is 5.94. The van der Waals surface area contributed by atoms with E-state index in [0.29, 0.717) is 17.7 Å². The van der Waals surface area contributed by atoms with Crippen LogP contribution in [0.2, 0.25) is 0 Å². The van der Waals surface area contributed by atoms with Gasteiger partial charge in [-0.15, -0.1) is 0 Å². The molecule has 0 bridgehead atoms. The van der Waals surface area contributed by atoms with E-state index in [2.05, 4.69) is 30.9 Å². The molecule has 1 heterocycles. The molecule has 38 heavy (non-hydrogen) atoms. The van der Waals surface area contributed by atoms with Crippen molar-refractivity contribution in [3.8, 4) is 5.75 Å². The van der Waals surface area contributed by atoms with Crippen LogP contribution < -0.4 is 33.2 Å². The van der Waals surface area contributed by atoms with Crippen molar-refractivity contribution in [1.82, 2.24) is 25.9 Å². The second-order valence-electron chi connectivity index (χ2n) is 8.44. The van der Waals surface area contributed by atoms with Crippen LogP contribution >= 0.6 is 0 Å². The summed E-state index contributed by atoms with van der Waals surface area (Å²) >= 11 is 0. The number of aromatic hydroxyl groups is 1. The molecule has 0 aliphatic rings. The standard InChI is InChI=1S/C23H33N9O6/c24-16(2-1-7-28-23(25)26)20(36)31-17(8-13-3-5-15(33)6-4-13)22(38)32-18(9-14-10-27-12-30-14)21(37)29-11-19(34)35/h3-6,10,12,16-18,33H,1-2,7-9,11,24H2,(H,27,30)(H,29,37)(H,31,36)(H,32,38)(H,34,35)(H4,25,26,28). The lowest BCUT2D eigenvalue weighted by Crippen LogP contribution is -2.57. The van der Waals surface area contributed by atoms with Gasteiger partial charge in [-0.2, -0.15) is 0 Å². The number of nitrogens with two attached hydrogens (primary N) is 3. The van der Waals surface area contributed by atoms with Crippen molar-refractivity contribution in [3.05, 3.63) is 48.0 Å². The Morgan fingerprint density at radius 3 is 2.26 bits per heavy atom. The van der Waals surface area contributed by atoms with E-state index < -0.39 is 48.4 Å². The van der Waals surface area contributed by atoms with Gasteiger partial charge >= 0.3 is 5.97 Å². The Morgan fingerprint density at radius 1 is 1.00 bits per heavy atom. The number of hydrogen-bond acceptors (Lipinski definition) is 8. The SMILES string of the molecule is NC(N)=NCCCC(N)C(=O)NC(Cc1ccc(O)cc1)C(=O)NC(Cc1cnc[nH]1)C(=O)NCC(=O)O. The molecule has 15 heteroatoms. The molecule has 0 saturated carbocycles. The van der Waals surface area contributed by atoms with Crippen molar-refractivity contribution in [1.29, 1.82) is 0 Å². The maximum atomic E-state index is 13.3. The molecule has 3 atom stereocenters. The summed E-state index contributed by atoms with van der Waals surface area (Å²) in [6.07, 6.45) is 3.54. The van der Waals surface area contributed by atoms with Gasteiger partial charge in [0.2, 0.25) is 17.7 Å². The highest BCUT2D eigenvalue weighted by Gasteiger charge is 2.29. The Bertz CT molecular complexity index is 1100. The minimum atomic E-state index is -1.25. The third kappa shape index (κ3) is 10.5. The molecule has 0 aliphatic carbocycles. The topological polar surface area (TPSA) is 264 Å². The van der Waals surface area contributed by atoms with Crippen molar-refractivity contribution in [2.24, 2.45) is 22.2 Å². The van der Waals surface area contributed by atoms with Gasteiger partial charge in [0.15, 0.2) is 5.96 Å². The predicted octanol–water partition coefficient (Wildman–Crippen LogP) is -2.55. The molecular formula is C23H33N9O6. The van der Waals surface area contributed by atoms with E-state index in [4.69, 9.17) is 22.3 Å². The van der Waals surface area contributed by atoms with E-state index in [-0.39, 0.29) is 37.5 Å². The maximum Gasteiger partial charge on any atom is 0.322 e. The smallest absolute Gasteiger partial charge is 0.322 e. The zero-order valence-corrected chi connectivity index (χ0v) is 20.6. The number of imidazole rings is 1. The first-order valence-electron chi connectivity index (χ1n) is 11.7. The van der Waals surface area contributed by atoms with Crippen molar-refractivity contribution in [3.63, 3.8) is 0 Å². The van der Waals surface area contributed by atoms with E-state index in [1.165, 1.54) is 24.7 Å². The Labute approximate surface area is 218 Å². The van der Waals surface area contributed by atoms with Crippen molar-refractivity contribution < 1.29 is 29.4 Å². The number of nitrogens with one attached hydrogen (secondary N) is 4. The van der Waals surface area contributed by atoms with Gasteiger partial charge in [-0.05, 0) is 30.5 Å². The number of amides is 3. The van der Waals surface area contributed by atoms with Gasteiger partial charge in [-0.1, -0.05) is 12.1 Å². The van der Waals surface area contributed by atoms with Gasteiger partial charge in [-0.25, -0.2) is 4.98 Å². The average molecular weight is 532 g/mol. The summed E-state index contributed by atoms with van der Waals surface area (Å²) in [6, 6.07) is 2.75. The number of carboxylic acids is 1. The fourth-order valence-electron chi connectivity index (χ4n) is 3.39. The Balaban J connectivity index is 2.17. The molecule has 3 unspecified atom stereocenters. The molecular weight excluding hydrogens is 498 g/mol. The number of aromatic nitrogens is 2. The molecule has 2 aromatic rings. The molecule has 0 aliphatic heterocycles. The number of nitrogens with zero attached hydrogens (tertiary/aromatic N) is 2. The fourth-order valence-corrected chi connectivity index (χ4v) is 3.39. The number of rotatable bonds is 15. The molecule has 0 spiro atoms. The molecule has 0 radical (unpaired) electrons. The minimum absolute atomic E-state index is 0.0125. The number of aromatic amines is 1. The van der Waals surface area contributed by atoms with Gasteiger partial charge in [0.05, 0.1) is 12.4 Å². The van der Waals surface area contributed by atoms with Gasteiger partial charge in [0.1, 0.15) is 24.4 Å². The van der Waals surface area contributed by atoms with Crippen LogP contribution in [0.5, 0.6) is 5.75 Å².